The number of carbonyl (C=O) groups excluding carboxylic acids is 1. The van der Waals surface area contributed by atoms with Crippen LogP contribution in [0.15, 0.2) is 22.7 Å². The molecule has 1 aromatic rings. The van der Waals surface area contributed by atoms with Crippen molar-refractivity contribution < 1.29 is 4.79 Å². The fraction of sp³-hybridized carbons (Fsp3) is 0.533. The topological polar surface area (TPSA) is 32.3 Å². The summed E-state index contributed by atoms with van der Waals surface area (Å²) >= 11 is 3.44. The van der Waals surface area contributed by atoms with E-state index in [9.17, 15) is 4.79 Å². The van der Waals surface area contributed by atoms with Gasteiger partial charge in [0, 0.05) is 29.2 Å². The first-order valence-electron chi connectivity index (χ1n) is 6.91. The van der Waals surface area contributed by atoms with Crippen molar-refractivity contribution in [3.05, 3.63) is 33.8 Å². The number of benzene rings is 1. The molecule has 1 heterocycles. The van der Waals surface area contributed by atoms with E-state index >= 15 is 0 Å². The molecule has 104 valence electrons. The summed E-state index contributed by atoms with van der Waals surface area (Å²) in [5, 5.41) is 3.34. The summed E-state index contributed by atoms with van der Waals surface area (Å²) in [6.45, 7) is 6.88. The average molecular weight is 325 g/mol. The molecule has 1 atom stereocenters. The number of amides is 1. The Morgan fingerprint density at radius 1 is 1.53 bits per heavy atom. The Balaban J connectivity index is 2.22. The summed E-state index contributed by atoms with van der Waals surface area (Å²) in [5.41, 5.74) is 1.86. The van der Waals surface area contributed by atoms with Gasteiger partial charge >= 0.3 is 0 Å². The lowest BCUT2D eigenvalue weighted by Gasteiger charge is -2.29. The SMILES string of the molecule is CCCN(C(=O)c1ccc(Br)cc1C)C1CCNC1. The minimum absolute atomic E-state index is 0.167. The van der Waals surface area contributed by atoms with Crippen molar-refractivity contribution in [3.8, 4) is 0 Å². The van der Waals surface area contributed by atoms with Crippen LogP contribution in [0.25, 0.3) is 0 Å². The first-order valence-corrected chi connectivity index (χ1v) is 7.70. The molecular weight excluding hydrogens is 304 g/mol. The number of nitrogens with one attached hydrogen (secondary N) is 1. The maximum atomic E-state index is 12.7. The van der Waals surface area contributed by atoms with Gasteiger partial charge < -0.3 is 10.2 Å². The molecule has 0 spiro atoms. The van der Waals surface area contributed by atoms with Crippen LogP contribution in [0.5, 0.6) is 0 Å². The zero-order valence-corrected chi connectivity index (χ0v) is 13.2. The Labute approximate surface area is 123 Å². The largest absolute Gasteiger partial charge is 0.334 e. The van der Waals surface area contributed by atoms with Crippen LogP contribution < -0.4 is 5.32 Å². The van der Waals surface area contributed by atoms with E-state index in [4.69, 9.17) is 0 Å². The van der Waals surface area contributed by atoms with Crippen molar-refractivity contribution in [3.63, 3.8) is 0 Å². The normalized spacial score (nSPS) is 18.6. The lowest BCUT2D eigenvalue weighted by Crippen LogP contribution is -2.42. The molecule has 1 aliphatic heterocycles. The third-order valence-electron chi connectivity index (χ3n) is 3.62. The number of rotatable bonds is 4. The van der Waals surface area contributed by atoms with Crippen molar-refractivity contribution >= 4 is 21.8 Å². The molecule has 4 heteroatoms. The summed E-state index contributed by atoms with van der Waals surface area (Å²) in [6.07, 6.45) is 2.05. The van der Waals surface area contributed by atoms with Gasteiger partial charge in [-0.15, -0.1) is 0 Å². The van der Waals surface area contributed by atoms with Gasteiger partial charge in [0.15, 0.2) is 0 Å². The summed E-state index contributed by atoms with van der Waals surface area (Å²) in [4.78, 5) is 14.8. The molecule has 1 amide bonds. The van der Waals surface area contributed by atoms with E-state index in [0.717, 1.165) is 48.1 Å². The van der Waals surface area contributed by atoms with Gasteiger partial charge in [-0.05, 0) is 50.1 Å². The molecule has 0 bridgehead atoms. The fourth-order valence-corrected chi connectivity index (χ4v) is 3.09. The van der Waals surface area contributed by atoms with Crippen molar-refractivity contribution in [1.29, 1.82) is 0 Å². The highest BCUT2D eigenvalue weighted by Gasteiger charge is 2.27. The Bertz CT molecular complexity index is 455. The Kier molecular flexibility index (Phi) is 4.99. The molecule has 1 aliphatic rings. The van der Waals surface area contributed by atoms with Crippen LogP contribution in [-0.2, 0) is 0 Å². The molecule has 1 aromatic carbocycles. The summed E-state index contributed by atoms with van der Waals surface area (Å²) in [5.74, 6) is 0.167. The zero-order chi connectivity index (χ0) is 13.8. The van der Waals surface area contributed by atoms with Gasteiger partial charge in [0.05, 0.1) is 0 Å². The lowest BCUT2D eigenvalue weighted by molar-refractivity contribution is 0.0691. The van der Waals surface area contributed by atoms with Crippen molar-refractivity contribution in [1.82, 2.24) is 10.2 Å². The van der Waals surface area contributed by atoms with E-state index in [1.807, 2.05) is 30.0 Å². The third kappa shape index (κ3) is 3.37. The molecule has 1 unspecified atom stereocenters. The first-order chi connectivity index (χ1) is 9.13. The van der Waals surface area contributed by atoms with E-state index < -0.39 is 0 Å². The van der Waals surface area contributed by atoms with Crippen LogP contribution in [-0.4, -0.2) is 36.5 Å². The van der Waals surface area contributed by atoms with Crippen LogP contribution in [0.1, 0.15) is 35.7 Å². The second-order valence-corrected chi connectivity index (χ2v) is 6.02. The van der Waals surface area contributed by atoms with Gasteiger partial charge in [-0.25, -0.2) is 0 Å². The molecule has 3 nitrogen and oxygen atoms in total. The number of hydrogen-bond donors (Lipinski definition) is 1. The maximum Gasteiger partial charge on any atom is 0.254 e. The van der Waals surface area contributed by atoms with Crippen LogP contribution >= 0.6 is 15.9 Å². The highest BCUT2D eigenvalue weighted by Crippen LogP contribution is 2.20. The second-order valence-electron chi connectivity index (χ2n) is 5.10. The molecular formula is C15H21BrN2O. The Morgan fingerprint density at radius 3 is 2.89 bits per heavy atom. The van der Waals surface area contributed by atoms with Gasteiger partial charge in [0.1, 0.15) is 0 Å². The van der Waals surface area contributed by atoms with Crippen LogP contribution in [0.3, 0.4) is 0 Å². The quantitative estimate of drug-likeness (QED) is 0.923. The van der Waals surface area contributed by atoms with Gasteiger partial charge in [0.2, 0.25) is 0 Å². The van der Waals surface area contributed by atoms with E-state index in [2.05, 4.69) is 28.2 Å². The van der Waals surface area contributed by atoms with Gasteiger partial charge in [0.25, 0.3) is 5.91 Å². The fourth-order valence-electron chi connectivity index (χ4n) is 2.62. The summed E-state index contributed by atoms with van der Waals surface area (Å²) < 4.78 is 1.02. The molecule has 1 fully saturated rings. The first kappa shape index (κ1) is 14.5. The predicted octanol–water partition coefficient (Wildman–Crippen LogP) is 2.97. The molecule has 1 N–H and O–H groups in total. The highest BCUT2D eigenvalue weighted by molar-refractivity contribution is 9.10. The average Bonchev–Trinajstić information content (AvgIpc) is 2.89. The summed E-state index contributed by atoms with van der Waals surface area (Å²) in [6, 6.07) is 6.21. The van der Waals surface area contributed by atoms with Crippen LogP contribution in [0, 0.1) is 6.92 Å². The minimum atomic E-state index is 0.167. The minimum Gasteiger partial charge on any atom is -0.334 e. The van der Waals surface area contributed by atoms with Crippen LogP contribution in [0.4, 0.5) is 0 Å². The van der Waals surface area contributed by atoms with Gasteiger partial charge in [-0.2, -0.15) is 0 Å². The lowest BCUT2D eigenvalue weighted by atomic mass is 10.1. The molecule has 1 saturated heterocycles. The number of nitrogens with zero attached hydrogens (tertiary/aromatic N) is 1. The molecule has 0 saturated carbocycles. The van der Waals surface area contributed by atoms with E-state index in [1.165, 1.54) is 0 Å². The molecule has 0 radical (unpaired) electrons. The highest BCUT2D eigenvalue weighted by atomic mass is 79.9. The van der Waals surface area contributed by atoms with E-state index in [1.54, 1.807) is 0 Å². The van der Waals surface area contributed by atoms with Crippen molar-refractivity contribution in [2.24, 2.45) is 0 Å². The molecule has 0 aliphatic carbocycles. The summed E-state index contributed by atoms with van der Waals surface area (Å²) in [7, 11) is 0. The van der Waals surface area contributed by atoms with Crippen LogP contribution in [0.2, 0.25) is 0 Å². The van der Waals surface area contributed by atoms with E-state index in [0.29, 0.717) is 6.04 Å². The molecule has 19 heavy (non-hydrogen) atoms. The van der Waals surface area contributed by atoms with Gasteiger partial charge in [-0.3, -0.25) is 4.79 Å². The zero-order valence-electron chi connectivity index (χ0n) is 11.6. The predicted molar refractivity (Wildman–Crippen MR) is 81.5 cm³/mol. The molecule has 2 rings (SSSR count). The van der Waals surface area contributed by atoms with E-state index in [-0.39, 0.29) is 5.91 Å². The second kappa shape index (κ2) is 6.53. The third-order valence-corrected chi connectivity index (χ3v) is 4.11. The number of hydrogen-bond acceptors (Lipinski definition) is 2. The number of carbonyl (C=O) groups is 1. The maximum absolute atomic E-state index is 12.7. The van der Waals surface area contributed by atoms with Crippen molar-refractivity contribution in [2.75, 3.05) is 19.6 Å². The smallest absolute Gasteiger partial charge is 0.254 e. The Hall–Kier alpha value is -0.870. The Morgan fingerprint density at radius 2 is 2.32 bits per heavy atom. The number of halogens is 1. The standard InChI is InChI=1S/C15H21BrN2O/c1-3-8-18(13-6-7-17-10-13)15(19)14-5-4-12(16)9-11(14)2/h4-5,9,13,17H,3,6-8,10H2,1-2H3. The van der Waals surface area contributed by atoms with Gasteiger partial charge in [-0.1, -0.05) is 22.9 Å². The number of aryl methyl sites for hydroxylation is 1. The molecule has 0 aromatic heterocycles. The van der Waals surface area contributed by atoms with Crippen molar-refractivity contribution in [2.45, 2.75) is 32.7 Å². The monoisotopic (exact) mass is 324 g/mol.